The van der Waals surface area contributed by atoms with Crippen LogP contribution in [-0.2, 0) is 38.3 Å². The highest BCUT2D eigenvalue weighted by Crippen LogP contribution is 2.43. The summed E-state index contributed by atoms with van der Waals surface area (Å²) in [6.07, 6.45) is -5.06. The highest BCUT2D eigenvalue weighted by Gasteiger charge is 2.37. The van der Waals surface area contributed by atoms with Crippen molar-refractivity contribution in [2.75, 3.05) is 25.6 Å². The molecule has 2 heterocycles. The van der Waals surface area contributed by atoms with Gasteiger partial charge in [-0.2, -0.15) is 13.2 Å². The first-order valence-electron chi connectivity index (χ1n) is 13.9. The summed E-state index contributed by atoms with van der Waals surface area (Å²) in [7, 11) is 2.56. The molecule has 0 saturated carbocycles. The van der Waals surface area contributed by atoms with Crippen LogP contribution < -0.4 is 9.64 Å². The molecule has 0 aliphatic carbocycles. The number of halogens is 3. The van der Waals surface area contributed by atoms with Gasteiger partial charge in [0, 0.05) is 24.0 Å². The number of aryl methyl sites for hydroxylation is 1. The van der Waals surface area contributed by atoms with Crippen molar-refractivity contribution in [3.63, 3.8) is 0 Å². The Morgan fingerprint density at radius 3 is 2.36 bits per heavy atom. The third-order valence-corrected chi connectivity index (χ3v) is 8.18. The van der Waals surface area contributed by atoms with Crippen molar-refractivity contribution in [3.05, 3.63) is 69.4 Å². The first kappa shape index (κ1) is 32.8. The predicted molar refractivity (Wildman–Crippen MR) is 161 cm³/mol. The minimum Gasteiger partial charge on any atom is -0.488 e. The van der Waals surface area contributed by atoms with Crippen LogP contribution in [0.1, 0.15) is 48.1 Å². The number of fused-ring (bicyclic) bond motifs is 1. The Bertz CT molecular complexity index is 1530. The van der Waals surface area contributed by atoms with Gasteiger partial charge in [0.25, 0.3) is 0 Å². The molecule has 0 N–H and O–H groups in total. The van der Waals surface area contributed by atoms with Gasteiger partial charge in [-0.1, -0.05) is 30.3 Å². The summed E-state index contributed by atoms with van der Waals surface area (Å²) < 4.78 is 57.5. The largest absolute Gasteiger partial charge is 0.488 e. The summed E-state index contributed by atoms with van der Waals surface area (Å²) >= 11 is 0.654. The Labute approximate surface area is 258 Å². The molecule has 3 aromatic rings. The number of alkyl halides is 3. The van der Waals surface area contributed by atoms with Crippen LogP contribution in [-0.4, -0.2) is 55.2 Å². The van der Waals surface area contributed by atoms with Crippen molar-refractivity contribution >= 4 is 35.0 Å². The van der Waals surface area contributed by atoms with Gasteiger partial charge in [-0.05, 0) is 69.0 Å². The number of ether oxygens (including phenoxy) is 3. The highest BCUT2D eigenvalue weighted by atomic mass is 32.1. The SMILES string of the molecule is COC(=O)[C@@H](CC(=O)N1CCc2cc(OCc3cc(-c4ccccc4)c(C(F)(F)F)s3)cc(C)c21)N(C)C(=O)OC(C)(C)C. The zero-order valence-corrected chi connectivity index (χ0v) is 26.2. The molecule has 0 fully saturated rings. The molecule has 0 saturated heterocycles. The Morgan fingerprint density at radius 1 is 1.07 bits per heavy atom. The van der Waals surface area contributed by atoms with Crippen LogP contribution in [0, 0.1) is 6.92 Å². The zero-order valence-electron chi connectivity index (χ0n) is 25.4. The van der Waals surface area contributed by atoms with E-state index in [9.17, 15) is 27.6 Å². The number of anilines is 1. The fraction of sp³-hybridized carbons (Fsp3) is 0.406. The molecule has 12 heteroatoms. The maximum atomic E-state index is 13.8. The van der Waals surface area contributed by atoms with Crippen molar-refractivity contribution in [2.45, 2.75) is 65.0 Å². The number of carbonyl (C=O) groups excluding carboxylic acids is 3. The summed E-state index contributed by atoms with van der Waals surface area (Å²) in [5.41, 5.74) is 2.03. The molecule has 44 heavy (non-hydrogen) atoms. The van der Waals surface area contributed by atoms with Gasteiger partial charge in [0.05, 0.1) is 19.2 Å². The number of carbonyl (C=O) groups is 3. The van der Waals surface area contributed by atoms with Gasteiger partial charge < -0.3 is 19.1 Å². The van der Waals surface area contributed by atoms with E-state index >= 15 is 0 Å². The molecule has 0 radical (unpaired) electrons. The molecule has 2 amide bonds. The number of benzene rings is 2. The second kappa shape index (κ2) is 12.9. The van der Waals surface area contributed by atoms with E-state index in [2.05, 4.69) is 0 Å². The van der Waals surface area contributed by atoms with Crippen molar-refractivity contribution < 1.29 is 41.8 Å². The third-order valence-electron chi connectivity index (χ3n) is 7.03. The van der Waals surface area contributed by atoms with Crippen LogP contribution >= 0.6 is 11.3 Å². The maximum Gasteiger partial charge on any atom is 0.426 e. The van der Waals surface area contributed by atoms with E-state index < -0.39 is 34.8 Å². The first-order valence-corrected chi connectivity index (χ1v) is 14.8. The molecule has 0 bridgehead atoms. The van der Waals surface area contributed by atoms with Crippen molar-refractivity contribution in [2.24, 2.45) is 0 Å². The molecule has 8 nitrogen and oxygen atoms in total. The molecule has 1 aromatic heterocycles. The van der Waals surface area contributed by atoms with Crippen molar-refractivity contribution in [3.8, 4) is 16.9 Å². The number of amides is 2. The average molecular weight is 633 g/mol. The summed E-state index contributed by atoms with van der Waals surface area (Å²) in [6, 6.07) is 12.2. The molecular weight excluding hydrogens is 597 g/mol. The topological polar surface area (TPSA) is 85.4 Å². The lowest BCUT2D eigenvalue weighted by atomic mass is 10.1. The normalized spacial score (nSPS) is 13.7. The van der Waals surface area contributed by atoms with Gasteiger partial charge in [-0.3, -0.25) is 9.69 Å². The molecule has 4 rings (SSSR count). The molecule has 0 spiro atoms. The van der Waals surface area contributed by atoms with E-state index in [4.69, 9.17) is 14.2 Å². The van der Waals surface area contributed by atoms with Crippen molar-refractivity contribution in [1.82, 2.24) is 4.90 Å². The van der Waals surface area contributed by atoms with E-state index in [1.165, 1.54) is 20.2 Å². The Balaban J connectivity index is 1.50. The van der Waals surface area contributed by atoms with Gasteiger partial charge >= 0.3 is 18.2 Å². The van der Waals surface area contributed by atoms with Gasteiger partial charge in [-0.25, -0.2) is 9.59 Å². The standard InChI is InChI=1S/C32H35F3N2O6S/c1-19-14-22(42-18-23-16-24(20-10-8-7-9-11-20)28(44-23)32(33,34)35)15-21-12-13-37(27(19)21)26(38)17-25(29(39)41-6)36(5)30(40)43-31(2,3)4/h7-11,14-16,25H,12-13,17-18H2,1-6H3/t25-/m1/s1. The fourth-order valence-electron chi connectivity index (χ4n) is 5.03. The molecule has 1 atom stereocenters. The summed E-state index contributed by atoms with van der Waals surface area (Å²) in [5, 5.41) is 0. The molecule has 1 aliphatic heterocycles. The number of hydrogen-bond donors (Lipinski definition) is 0. The van der Waals surface area contributed by atoms with E-state index in [1.54, 1.807) is 68.1 Å². The second-order valence-corrected chi connectivity index (χ2v) is 12.6. The third kappa shape index (κ3) is 7.53. The molecule has 1 aliphatic rings. The average Bonchev–Trinajstić information content (AvgIpc) is 3.59. The molecule has 0 unspecified atom stereocenters. The molecular formula is C32H35F3N2O6S. The zero-order chi connectivity index (χ0) is 32.4. The predicted octanol–water partition coefficient (Wildman–Crippen LogP) is 7.01. The summed E-state index contributed by atoms with van der Waals surface area (Å²) in [4.78, 5) is 41.0. The number of likely N-dealkylation sites (N-methyl/N-ethyl adjacent to an activating group) is 1. The maximum absolute atomic E-state index is 13.8. The van der Waals surface area contributed by atoms with Gasteiger partial charge in [0.15, 0.2) is 0 Å². The minimum atomic E-state index is -4.50. The van der Waals surface area contributed by atoms with Crippen LogP contribution in [0.15, 0.2) is 48.5 Å². The fourth-order valence-corrected chi connectivity index (χ4v) is 5.99. The van der Waals surface area contributed by atoms with Crippen LogP contribution in [0.25, 0.3) is 11.1 Å². The molecule has 236 valence electrons. The molecule has 2 aromatic carbocycles. The Morgan fingerprint density at radius 2 is 1.75 bits per heavy atom. The minimum absolute atomic E-state index is 0.0563. The monoisotopic (exact) mass is 632 g/mol. The van der Waals surface area contributed by atoms with Crippen LogP contribution in [0.2, 0.25) is 0 Å². The van der Waals surface area contributed by atoms with E-state index in [1.807, 2.05) is 6.92 Å². The number of esters is 1. The number of nitrogens with zero attached hydrogens (tertiary/aromatic N) is 2. The smallest absolute Gasteiger partial charge is 0.426 e. The van der Waals surface area contributed by atoms with Crippen LogP contribution in [0.3, 0.4) is 0 Å². The van der Waals surface area contributed by atoms with Gasteiger partial charge in [0.2, 0.25) is 5.91 Å². The Hall–Kier alpha value is -4.06. The van der Waals surface area contributed by atoms with Crippen LogP contribution in [0.5, 0.6) is 5.75 Å². The van der Waals surface area contributed by atoms with E-state index in [-0.39, 0.29) is 24.5 Å². The number of thiophene rings is 1. The summed E-state index contributed by atoms with van der Waals surface area (Å²) in [6.45, 7) is 7.19. The van der Waals surface area contributed by atoms with Gasteiger partial charge in [-0.15, -0.1) is 11.3 Å². The van der Waals surface area contributed by atoms with Crippen LogP contribution in [0.4, 0.5) is 23.7 Å². The summed E-state index contributed by atoms with van der Waals surface area (Å²) in [5.74, 6) is -0.654. The highest BCUT2D eigenvalue weighted by molar-refractivity contribution is 7.12. The quantitative estimate of drug-likeness (QED) is 0.249. The van der Waals surface area contributed by atoms with E-state index in [0.29, 0.717) is 46.2 Å². The number of rotatable bonds is 8. The Kier molecular flexibility index (Phi) is 9.62. The second-order valence-electron chi connectivity index (χ2n) is 11.5. The lowest BCUT2D eigenvalue weighted by Crippen LogP contribution is -2.48. The lowest BCUT2D eigenvalue weighted by Gasteiger charge is -2.30. The van der Waals surface area contributed by atoms with Gasteiger partial charge in [0.1, 0.15) is 28.9 Å². The number of methoxy groups -OCH3 is 1. The lowest BCUT2D eigenvalue weighted by molar-refractivity contribution is -0.148. The van der Waals surface area contributed by atoms with E-state index in [0.717, 1.165) is 16.0 Å². The first-order chi connectivity index (χ1) is 20.6. The van der Waals surface area contributed by atoms with Crippen molar-refractivity contribution in [1.29, 1.82) is 0 Å². The number of hydrogen-bond acceptors (Lipinski definition) is 7.